The molecule has 4 aromatic rings. The summed E-state index contributed by atoms with van der Waals surface area (Å²) in [5.74, 6) is -1.66. The van der Waals surface area contributed by atoms with Gasteiger partial charge in [-0.1, -0.05) is 23.7 Å². The summed E-state index contributed by atoms with van der Waals surface area (Å²) < 4.78 is 39.0. The monoisotopic (exact) mass is 529 g/mol. The van der Waals surface area contributed by atoms with E-state index in [-0.39, 0.29) is 11.6 Å². The fourth-order valence-electron chi connectivity index (χ4n) is 3.62. The Morgan fingerprint density at radius 2 is 1.54 bits per heavy atom. The van der Waals surface area contributed by atoms with E-state index in [9.17, 15) is 27.6 Å². The van der Waals surface area contributed by atoms with Crippen LogP contribution in [0.25, 0.3) is 22.2 Å². The Morgan fingerprint density at radius 3 is 2.16 bits per heavy atom. The van der Waals surface area contributed by atoms with Gasteiger partial charge in [-0.25, -0.2) is 0 Å². The molecule has 0 fully saturated rings. The van der Waals surface area contributed by atoms with E-state index in [4.69, 9.17) is 11.6 Å². The molecular weight excluding hydrogens is 511 g/mol. The standard InChI is InChI=1S/C25H19ClF3N5O3/c1-30-24(37)14-4-2-13(3-5-14)23-17-8-6-16(11-20(17)33-34-23)32-22(36)12-21(35)31-15-7-9-19(26)18(10-15)25(27,28)29/h2-11H,12H2,1H3,(H,30,37)(H,31,35)(H,32,36)(H,33,34). The molecule has 0 radical (unpaired) electrons. The van der Waals surface area contributed by atoms with Gasteiger partial charge in [-0.3, -0.25) is 19.5 Å². The smallest absolute Gasteiger partial charge is 0.355 e. The maximum atomic E-state index is 13.0. The molecule has 0 unspecified atom stereocenters. The zero-order chi connectivity index (χ0) is 26.7. The number of halogens is 4. The molecule has 0 aliphatic heterocycles. The fourth-order valence-corrected chi connectivity index (χ4v) is 3.84. The van der Waals surface area contributed by atoms with Crippen molar-refractivity contribution in [2.45, 2.75) is 12.6 Å². The number of amides is 3. The Bertz CT molecular complexity index is 1500. The normalized spacial score (nSPS) is 11.3. The van der Waals surface area contributed by atoms with Gasteiger partial charge in [-0.05, 0) is 48.5 Å². The molecule has 0 atom stereocenters. The van der Waals surface area contributed by atoms with E-state index < -0.39 is 35.0 Å². The summed E-state index contributed by atoms with van der Waals surface area (Å²) >= 11 is 5.57. The van der Waals surface area contributed by atoms with E-state index in [1.165, 1.54) is 6.07 Å². The number of carbonyl (C=O) groups is 3. The van der Waals surface area contributed by atoms with Gasteiger partial charge in [0.25, 0.3) is 5.91 Å². The van der Waals surface area contributed by atoms with Crippen LogP contribution in [0.2, 0.25) is 5.02 Å². The molecule has 4 rings (SSSR count). The zero-order valence-electron chi connectivity index (χ0n) is 19.2. The average molecular weight is 530 g/mol. The summed E-state index contributed by atoms with van der Waals surface area (Å²) in [5, 5.41) is 14.9. The van der Waals surface area contributed by atoms with Crippen LogP contribution in [0.5, 0.6) is 0 Å². The van der Waals surface area contributed by atoms with Crippen LogP contribution in [-0.2, 0) is 15.8 Å². The van der Waals surface area contributed by atoms with Crippen LogP contribution in [0, 0.1) is 0 Å². The second-order valence-electron chi connectivity index (χ2n) is 7.95. The number of hydrogen-bond donors (Lipinski definition) is 4. The lowest BCUT2D eigenvalue weighted by Gasteiger charge is -2.12. The highest BCUT2D eigenvalue weighted by atomic mass is 35.5. The number of alkyl halides is 3. The minimum absolute atomic E-state index is 0.135. The molecule has 1 heterocycles. The number of hydrogen-bond acceptors (Lipinski definition) is 4. The van der Waals surface area contributed by atoms with Crippen molar-refractivity contribution in [2.75, 3.05) is 17.7 Å². The lowest BCUT2D eigenvalue weighted by Crippen LogP contribution is -2.21. The summed E-state index contributed by atoms with van der Waals surface area (Å²) in [6.45, 7) is 0. The number of nitrogens with zero attached hydrogens (tertiary/aromatic N) is 1. The van der Waals surface area contributed by atoms with Crippen LogP contribution in [0.15, 0.2) is 60.7 Å². The number of nitrogens with one attached hydrogen (secondary N) is 4. The predicted octanol–water partition coefficient (Wildman–Crippen LogP) is 5.23. The first-order valence-electron chi connectivity index (χ1n) is 10.8. The van der Waals surface area contributed by atoms with Crippen LogP contribution >= 0.6 is 11.6 Å². The molecule has 190 valence electrons. The van der Waals surface area contributed by atoms with Gasteiger partial charge in [0.1, 0.15) is 6.42 Å². The Balaban J connectivity index is 1.41. The maximum absolute atomic E-state index is 13.0. The third-order valence-corrected chi connectivity index (χ3v) is 5.70. The summed E-state index contributed by atoms with van der Waals surface area (Å²) in [4.78, 5) is 36.3. The number of rotatable bonds is 6. The molecule has 4 N–H and O–H groups in total. The van der Waals surface area contributed by atoms with Gasteiger partial charge in [-0.2, -0.15) is 18.3 Å². The molecule has 0 spiro atoms. The van der Waals surface area contributed by atoms with Gasteiger partial charge >= 0.3 is 6.18 Å². The first-order chi connectivity index (χ1) is 17.5. The van der Waals surface area contributed by atoms with Gasteiger partial charge in [0.05, 0.1) is 21.8 Å². The molecule has 0 aliphatic carbocycles. The van der Waals surface area contributed by atoms with E-state index in [1.807, 2.05) is 0 Å². The summed E-state index contributed by atoms with van der Waals surface area (Å²) in [6, 6.07) is 14.8. The van der Waals surface area contributed by atoms with Crippen molar-refractivity contribution in [2.24, 2.45) is 0 Å². The summed E-state index contributed by atoms with van der Waals surface area (Å²) in [6.07, 6.45) is -5.30. The van der Waals surface area contributed by atoms with Gasteiger partial charge in [-0.15, -0.1) is 0 Å². The highest BCUT2D eigenvalue weighted by molar-refractivity contribution is 6.31. The average Bonchev–Trinajstić information content (AvgIpc) is 3.27. The maximum Gasteiger partial charge on any atom is 0.417 e. The molecule has 3 amide bonds. The number of H-pyrrole nitrogens is 1. The predicted molar refractivity (Wildman–Crippen MR) is 133 cm³/mol. The third-order valence-electron chi connectivity index (χ3n) is 5.37. The minimum Gasteiger partial charge on any atom is -0.355 e. The second kappa shape index (κ2) is 10.3. The minimum atomic E-state index is -4.69. The van der Waals surface area contributed by atoms with Crippen LogP contribution in [-0.4, -0.2) is 35.0 Å². The lowest BCUT2D eigenvalue weighted by molar-refractivity contribution is -0.137. The van der Waals surface area contributed by atoms with Crippen molar-refractivity contribution < 1.29 is 27.6 Å². The van der Waals surface area contributed by atoms with Crippen molar-refractivity contribution in [1.82, 2.24) is 15.5 Å². The largest absolute Gasteiger partial charge is 0.417 e. The van der Waals surface area contributed by atoms with E-state index in [0.29, 0.717) is 28.5 Å². The quantitative estimate of drug-likeness (QED) is 0.256. The van der Waals surface area contributed by atoms with Gasteiger partial charge < -0.3 is 16.0 Å². The Hall–Kier alpha value is -4.38. The Morgan fingerprint density at radius 1 is 0.919 bits per heavy atom. The first kappa shape index (κ1) is 25.7. The van der Waals surface area contributed by atoms with Gasteiger partial charge in [0.2, 0.25) is 11.8 Å². The van der Waals surface area contributed by atoms with Crippen molar-refractivity contribution >= 4 is 51.6 Å². The molecule has 3 aromatic carbocycles. The number of benzene rings is 3. The van der Waals surface area contributed by atoms with Crippen LogP contribution in [0.1, 0.15) is 22.3 Å². The number of anilines is 2. The number of fused-ring (bicyclic) bond motifs is 1. The lowest BCUT2D eigenvalue weighted by atomic mass is 10.1. The van der Waals surface area contributed by atoms with Gasteiger partial charge in [0.15, 0.2) is 0 Å². The zero-order valence-corrected chi connectivity index (χ0v) is 19.9. The molecule has 0 bridgehead atoms. The van der Waals surface area contributed by atoms with E-state index in [2.05, 4.69) is 26.1 Å². The molecule has 8 nitrogen and oxygen atoms in total. The van der Waals surface area contributed by atoms with Gasteiger partial charge in [0, 0.05) is 34.9 Å². The molecule has 1 aromatic heterocycles. The number of carbonyl (C=O) groups excluding carboxylic acids is 3. The summed E-state index contributed by atoms with van der Waals surface area (Å²) in [5.41, 5.74) is 1.72. The fraction of sp³-hybridized carbons (Fsp3) is 0.120. The van der Waals surface area contributed by atoms with Crippen LogP contribution < -0.4 is 16.0 Å². The van der Waals surface area contributed by atoms with Crippen molar-refractivity contribution in [1.29, 1.82) is 0 Å². The second-order valence-corrected chi connectivity index (χ2v) is 8.36. The topological polar surface area (TPSA) is 116 Å². The van der Waals surface area contributed by atoms with Crippen molar-refractivity contribution in [3.05, 3.63) is 76.8 Å². The SMILES string of the molecule is CNC(=O)c1ccc(-c2n[nH]c3cc(NC(=O)CC(=O)Nc4ccc(Cl)c(C(F)(F)F)c4)ccc23)cc1. The highest BCUT2D eigenvalue weighted by Gasteiger charge is 2.33. The Labute approximate surface area is 213 Å². The number of aromatic amines is 1. The number of aromatic nitrogens is 2. The molecule has 0 aliphatic rings. The molecule has 12 heteroatoms. The summed E-state index contributed by atoms with van der Waals surface area (Å²) in [7, 11) is 1.55. The molecule has 37 heavy (non-hydrogen) atoms. The van der Waals surface area contributed by atoms with E-state index in [0.717, 1.165) is 17.0 Å². The highest BCUT2D eigenvalue weighted by Crippen LogP contribution is 2.36. The van der Waals surface area contributed by atoms with Crippen LogP contribution in [0.3, 0.4) is 0 Å². The Kier molecular flexibility index (Phi) is 7.16. The van der Waals surface area contributed by atoms with Crippen LogP contribution in [0.4, 0.5) is 24.5 Å². The molecule has 0 saturated carbocycles. The molecular formula is C25H19ClF3N5O3. The first-order valence-corrected chi connectivity index (χ1v) is 11.2. The van der Waals surface area contributed by atoms with E-state index >= 15 is 0 Å². The molecule has 0 saturated heterocycles. The van der Waals surface area contributed by atoms with Crippen molar-refractivity contribution in [3.8, 4) is 11.3 Å². The van der Waals surface area contributed by atoms with Crippen molar-refractivity contribution in [3.63, 3.8) is 0 Å². The van der Waals surface area contributed by atoms with E-state index in [1.54, 1.807) is 49.5 Å². The third kappa shape index (κ3) is 5.89.